The zero-order valence-corrected chi connectivity index (χ0v) is 16.8. The molecule has 0 unspecified atom stereocenters. The van der Waals surface area contributed by atoms with Crippen LogP contribution in [-0.2, 0) is 6.54 Å². The molecule has 0 aliphatic carbocycles. The van der Waals surface area contributed by atoms with Gasteiger partial charge >= 0.3 is 0 Å². The van der Waals surface area contributed by atoms with Crippen molar-refractivity contribution >= 4 is 16.8 Å². The maximum absolute atomic E-state index is 12.9. The fourth-order valence-corrected chi connectivity index (χ4v) is 3.64. The Bertz CT molecular complexity index is 1360. The van der Waals surface area contributed by atoms with Crippen LogP contribution in [0.5, 0.6) is 11.5 Å². The fraction of sp³-hybridized carbons (Fsp3) is 0.125. The number of nitrogens with zero attached hydrogens (tertiary/aromatic N) is 2. The molecule has 7 heteroatoms. The van der Waals surface area contributed by atoms with Gasteiger partial charge < -0.3 is 14.8 Å². The van der Waals surface area contributed by atoms with Crippen LogP contribution in [0.15, 0.2) is 71.5 Å². The van der Waals surface area contributed by atoms with Crippen LogP contribution in [0.2, 0.25) is 0 Å². The molecule has 1 amide bonds. The van der Waals surface area contributed by atoms with E-state index in [0.29, 0.717) is 46.0 Å². The van der Waals surface area contributed by atoms with Gasteiger partial charge in [0.25, 0.3) is 11.5 Å². The molecule has 0 spiro atoms. The van der Waals surface area contributed by atoms with Crippen molar-refractivity contribution in [3.8, 4) is 17.2 Å². The monoisotopic (exact) mass is 413 g/mol. The normalized spacial score (nSPS) is 12.2. The molecule has 7 nitrogen and oxygen atoms in total. The lowest BCUT2D eigenvalue weighted by Gasteiger charge is -2.12. The molecule has 31 heavy (non-hydrogen) atoms. The fourth-order valence-electron chi connectivity index (χ4n) is 3.64. The van der Waals surface area contributed by atoms with Crippen molar-refractivity contribution in [2.75, 3.05) is 6.79 Å². The Labute approximate surface area is 177 Å². The summed E-state index contributed by atoms with van der Waals surface area (Å²) in [4.78, 5) is 30.0. The molecular weight excluding hydrogens is 394 g/mol. The predicted octanol–water partition coefficient (Wildman–Crippen LogP) is 3.35. The number of nitrogens with one attached hydrogen (secondary N) is 1. The van der Waals surface area contributed by atoms with Gasteiger partial charge in [-0.3, -0.25) is 14.2 Å². The summed E-state index contributed by atoms with van der Waals surface area (Å²) < 4.78 is 12.2. The molecule has 0 saturated heterocycles. The Morgan fingerprint density at radius 1 is 1.03 bits per heavy atom. The molecule has 1 aromatic heterocycles. The Hall–Kier alpha value is -4.13. The summed E-state index contributed by atoms with van der Waals surface area (Å²) in [5.41, 5.74) is 2.61. The smallest absolute Gasteiger partial charge is 0.265 e. The first-order valence-electron chi connectivity index (χ1n) is 9.86. The van der Waals surface area contributed by atoms with Gasteiger partial charge in [-0.25, -0.2) is 4.98 Å². The highest BCUT2D eigenvalue weighted by Crippen LogP contribution is 2.32. The van der Waals surface area contributed by atoms with E-state index in [0.717, 1.165) is 5.56 Å². The van der Waals surface area contributed by atoms with Crippen LogP contribution in [0.3, 0.4) is 0 Å². The third-order valence-electron chi connectivity index (χ3n) is 5.22. The van der Waals surface area contributed by atoms with Crippen LogP contribution in [-0.4, -0.2) is 22.3 Å². The van der Waals surface area contributed by atoms with E-state index >= 15 is 0 Å². The van der Waals surface area contributed by atoms with E-state index < -0.39 is 0 Å². The van der Waals surface area contributed by atoms with Crippen molar-refractivity contribution in [3.63, 3.8) is 0 Å². The van der Waals surface area contributed by atoms with Crippen molar-refractivity contribution < 1.29 is 14.3 Å². The van der Waals surface area contributed by atoms with E-state index in [4.69, 9.17) is 9.47 Å². The number of hydrogen-bond donors (Lipinski definition) is 1. The van der Waals surface area contributed by atoms with E-state index in [-0.39, 0.29) is 18.3 Å². The second kappa shape index (κ2) is 7.60. The van der Waals surface area contributed by atoms with E-state index in [2.05, 4.69) is 10.3 Å². The summed E-state index contributed by atoms with van der Waals surface area (Å²) in [6, 6.07) is 19.7. The predicted molar refractivity (Wildman–Crippen MR) is 116 cm³/mol. The van der Waals surface area contributed by atoms with Crippen molar-refractivity contribution in [1.29, 1.82) is 0 Å². The number of rotatable bonds is 4. The van der Waals surface area contributed by atoms with Crippen molar-refractivity contribution in [3.05, 3.63) is 94.0 Å². The number of benzene rings is 3. The number of carbonyl (C=O) groups is 1. The summed E-state index contributed by atoms with van der Waals surface area (Å²) in [6.45, 7) is 2.37. The number of hydrogen-bond acceptors (Lipinski definition) is 5. The third-order valence-corrected chi connectivity index (χ3v) is 5.22. The van der Waals surface area contributed by atoms with Crippen LogP contribution in [0.4, 0.5) is 0 Å². The molecule has 1 aliphatic heterocycles. The van der Waals surface area contributed by atoms with Gasteiger partial charge in [-0.15, -0.1) is 0 Å². The van der Waals surface area contributed by atoms with Gasteiger partial charge in [-0.05, 0) is 61.0 Å². The maximum Gasteiger partial charge on any atom is 0.265 e. The molecule has 1 N–H and O–H groups in total. The molecule has 5 rings (SSSR count). The molecular formula is C24H19N3O4. The second-order valence-electron chi connectivity index (χ2n) is 7.23. The summed E-state index contributed by atoms with van der Waals surface area (Å²) in [5, 5.41) is 3.45. The minimum absolute atomic E-state index is 0.136. The minimum Gasteiger partial charge on any atom is -0.454 e. The van der Waals surface area contributed by atoms with Crippen LogP contribution in [0, 0.1) is 6.92 Å². The maximum atomic E-state index is 12.9. The molecule has 0 radical (unpaired) electrons. The van der Waals surface area contributed by atoms with Gasteiger partial charge in [0.2, 0.25) is 6.79 Å². The second-order valence-corrected chi connectivity index (χ2v) is 7.23. The Morgan fingerprint density at radius 3 is 2.65 bits per heavy atom. The van der Waals surface area contributed by atoms with Crippen LogP contribution in [0.1, 0.15) is 21.7 Å². The summed E-state index contributed by atoms with van der Waals surface area (Å²) >= 11 is 0. The summed E-state index contributed by atoms with van der Waals surface area (Å²) in [7, 11) is 0. The van der Waals surface area contributed by atoms with Crippen LogP contribution in [0.25, 0.3) is 16.6 Å². The lowest BCUT2D eigenvalue weighted by molar-refractivity contribution is 0.0951. The molecule has 0 atom stereocenters. The van der Waals surface area contributed by atoms with Crippen molar-refractivity contribution in [2.24, 2.45) is 0 Å². The number of amides is 1. The highest BCUT2D eigenvalue weighted by molar-refractivity contribution is 5.94. The summed E-state index contributed by atoms with van der Waals surface area (Å²) in [5.74, 6) is 1.77. The number of aryl methyl sites for hydroxylation is 1. The molecule has 0 saturated carbocycles. The first-order chi connectivity index (χ1) is 15.1. The van der Waals surface area contributed by atoms with Gasteiger partial charge in [-0.2, -0.15) is 0 Å². The molecule has 154 valence electrons. The number of para-hydroxylation sites is 1. The zero-order valence-electron chi connectivity index (χ0n) is 16.8. The first kappa shape index (κ1) is 18.9. The molecule has 3 aromatic carbocycles. The zero-order chi connectivity index (χ0) is 21.4. The number of aromatic nitrogens is 2. The molecule has 0 fully saturated rings. The van der Waals surface area contributed by atoms with Gasteiger partial charge in [-0.1, -0.05) is 18.2 Å². The number of carbonyl (C=O) groups excluding carboxylic acids is 1. The van der Waals surface area contributed by atoms with E-state index in [1.54, 1.807) is 41.8 Å². The highest BCUT2D eigenvalue weighted by Gasteiger charge is 2.14. The molecule has 1 aliphatic rings. The molecule has 0 bridgehead atoms. The average molecular weight is 413 g/mol. The minimum atomic E-state index is -0.204. The quantitative estimate of drug-likeness (QED) is 0.555. The Morgan fingerprint density at radius 2 is 1.81 bits per heavy atom. The lowest BCUT2D eigenvalue weighted by atomic mass is 10.1. The van der Waals surface area contributed by atoms with Gasteiger partial charge in [0.15, 0.2) is 11.5 Å². The van der Waals surface area contributed by atoms with Crippen LogP contribution < -0.4 is 20.3 Å². The topological polar surface area (TPSA) is 82.5 Å². The van der Waals surface area contributed by atoms with E-state index in [1.807, 2.05) is 36.4 Å². The largest absolute Gasteiger partial charge is 0.454 e. The standard InChI is InChI=1S/C24H19N3O4/c1-15-26-20-5-3-2-4-19(20)24(29)27(15)18-9-7-17(8-10-18)23(28)25-13-16-6-11-21-22(12-16)31-14-30-21/h2-12H,13-14H2,1H3,(H,25,28). The Balaban J connectivity index is 1.35. The summed E-state index contributed by atoms with van der Waals surface area (Å²) in [6.07, 6.45) is 0. The highest BCUT2D eigenvalue weighted by atomic mass is 16.7. The lowest BCUT2D eigenvalue weighted by Crippen LogP contribution is -2.24. The van der Waals surface area contributed by atoms with E-state index in [1.165, 1.54) is 0 Å². The van der Waals surface area contributed by atoms with Crippen molar-refractivity contribution in [2.45, 2.75) is 13.5 Å². The number of fused-ring (bicyclic) bond motifs is 2. The average Bonchev–Trinajstić information content (AvgIpc) is 3.26. The number of ether oxygens (including phenoxy) is 2. The van der Waals surface area contributed by atoms with E-state index in [9.17, 15) is 9.59 Å². The van der Waals surface area contributed by atoms with Crippen molar-refractivity contribution in [1.82, 2.24) is 14.9 Å². The Kier molecular flexibility index (Phi) is 4.63. The first-order valence-corrected chi connectivity index (χ1v) is 9.86. The van der Waals surface area contributed by atoms with Gasteiger partial charge in [0.1, 0.15) is 5.82 Å². The third kappa shape index (κ3) is 3.50. The molecule has 4 aromatic rings. The van der Waals surface area contributed by atoms with Gasteiger partial charge in [0, 0.05) is 12.1 Å². The van der Waals surface area contributed by atoms with Crippen LogP contribution >= 0.6 is 0 Å². The molecule has 2 heterocycles. The SMILES string of the molecule is Cc1nc2ccccc2c(=O)n1-c1ccc(C(=O)NCc2ccc3c(c2)OCO3)cc1. The van der Waals surface area contributed by atoms with Gasteiger partial charge in [0.05, 0.1) is 16.6 Å².